The van der Waals surface area contributed by atoms with Crippen molar-refractivity contribution in [1.29, 1.82) is 0 Å². The lowest BCUT2D eigenvalue weighted by Crippen LogP contribution is -3.01. The van der Waals surface area contributed by atoms with Gasteiger partial charge in [0.05, 0.1) is 38.4 Å². The molecule has 2 aliphatic rings. The number of nitrogens with zero attached hydrogens (tertiary/aromatic N) is 2. The molecule has 1 aromatic carbocycles. The summed E-state index contributed by atoms with van der Waals surface area (Å²) in [6.45, 7) is 0. The molecule has 8 heteroatoms. The lowest BCUT2D eigenvalue weighted by molar-refractivity contribution is -0.710. The molecule has 0 aromatic heterocycles. The van der Waals surface area contributed by atoms with Gasteiger partial charge in [-0.3, -0.25) is 9.80 Å². The highest BCUT2D eigenvalue weighted by Crippen LogP contribution is 2.05. The number of benzene rings is 1. The lowest BCUT2D eigenvalue weighted by atomic mass is 10.1. The number of carbonyl (C=O) groups excluding carboxylic acids is 2. The van der Waals surface area contributed by atoms with E-state index in [1.165, 1.54) is 21.9 Å². The zero-order valence-electron chi connectivity index (χ0n) is 13.3. The highest BCUT2D eigenvalue weighted by molar-refractivity contribution is 5.99. The molecule has 0 fully saturated rings. The van der Waals surface area contributed by atoms with E-state index in [-0.39, 0.29) is 11.1 Å². The molecule has 0 amide bonds. The first-order valence-electron chi connectivity index (χ1n) is 7.00. The van der Waals surface area contributed by atoms with Crippen molar-refractivity contribution < 1.29 is 29.6 Å². The number of carbonyl (C=O) groups is 2. The summed E-state index contributed by atoms with van der Waals surface area (Å²) >= 11 is 0. The highest BCUT2D eigenvalue weighted by atomic mass is 16.4. The molecule has 3 rings (SSSR count). The summed E-state index contributed by atoms with van der Waals surface area (Å²) in [7, 11) is 4.04. The molecule has 2 atom stereocenters. The fourth-order valence-electron chi connectivity index (χ4n) is 1.57. The predicted molar refractivity (Wildman–Crippen MR) is 84.1 cm³/mol. The Morgan fingerprint density at radius 1 is 0.833 bits per heavy atom. The quantitative estimate of drug-likeness (QED) is 0.584. The first-order chi connectivity index (χ1) is 11.4. The molecule has 2 heterocycles. The van der Waals surface area contributed by atoms with Crippen LogP contribution in [-0.4, -0.2) is 38.7 Å². The molecular formula is C16H18N4O4. The van der Waals surface area contributed by atoms with Crippen molar-refractivity contribution in [3.63, 3.8) is 0 Å². The summed E-state index contributed by atoms with van der Waals surface area (Å²) < 4.78 is 0. The molecule has 0 radical (unpaired) electrons. The number of aliphatic imine (C=N–C) groups is 2. The molecule has 2 N–H and O–H groups in total. The topological polar surface area (TPSA) is 114 Å². The van der Waals surface area contributed by atoms with Crippen molar-refractivity contribution in [3.8, 4) is 0 Å². The molecule has 0 aliphatic carbocycles. The van der Waals surface area contributed by atoms with Gasteiger partial charge in [-0.15, -0.1) is 0 Å². The molecular weight excluding hydrogens is 312 g/mol. The van der Waals surface area contributed by atoms with Gasteiger partial charge in [0.15, 0.2) is 12.7 Å². The van der Waals surface area contributed by atoms with Gasteiger partial charge in [-0.25, -0.2) is 9.98 Å². The van der Waals surface area contributed by atoms with Crippen LogP contribution in [0.15, 0.2) is 59.1 Å². The van der Waals surface area contributed by atoms with E-state index in [1.807, 2.05) is 39.2 Å². The predicted octanol–water partition coefficient (Wildman–Crippen LogP) is -3.56. The molecule has 0 bridgehead atoms. The van der Waals surface area contributed by atoms with Crippen molar-refractivity contribution in [3.05, 3.63) is 60.2 Å². The second kappa shape index (κ2) is 9.82. The first-order valence-corrected chi connectivity index (χ1v) is 7.00. The van der Waals surface area contributed by atoms with Gasteiger partial charge < -0.3 is 19.8 Å². The molecule has 0 saturated carbocycles. The van der Waals surface area contributed by atoms with Gasteiger partial charge in [0, 0.05) is 11.1 Å². The first kappa shape index (κ1) is 18.9. The van der Waals surface area contributed by atoms with Crippen LogP contribution in [0, 0.1) is 0 Å². The van der Waals surface area contributed by atoms with E-state index in [1.54, 1.807) is 12.4 Å². The monoisotopic (exact) mass is 330 g/mol. The van der Waals surface area contributed by atoms with Crippen LogP contribution < -0.4 is 20.0 Å². The molecule has 24 heavy (non-hydrogen) atoms. The van der Waals surface area contributed by atoms with E-state index < -0.39 is 11.9 Å². The van der Waals surface area contributed by atoms with E-state index in [2.05, 4.69) is 9.98 Å². The Kier molecular flexibility index (Phi) is 7.76. The third-order valence-electron chi connectivity index (χ3n) is 2.77. The van der Waals surface area contributed by atoms with Crippen LogP contribution in [0.2, 0.25) is 0 Å². The van der Waals surface area contributed by atoms with Crippen LogP contribution in [0.25, 0.3) is 0 Å². The summed E-state index contributed by atoms with van der Waals surface area (Å²) in [5.41, 5.74) is -0.727. The third kappa shape index (κ3) is 6.77. The summed E-state index contributed by atoms with van der Waals surface area (Å²) in [5.74, 6) is -3.04. The Morgan fingerprint density at radius 3 is 1.38 bits per heavy atom. The Bertz CT molecular complexity index is 612. The van der Waals surface area contributed by atoms with E-state index in [0.717, 1.165) is 12.1 Å². The number of aromatic carboxylic acids is 2. The van der Waals surface area contributed by atoms with Crippen LogP contribution in [0.4, 0.5) is 0 Å². The summed E-state index contributed by atoms with van der Waals surface area (Å²) in [6.07, 6.45) is 11.2. The SMILES string of the molecule is C[NH+]1C=CN=C1.C[NH+]1C=CN=C1.O=C([O-])c1ccccc1C(=O)[O-]. The second-order valence-electron chi connectivity index (χ2n) is 4.80. The Labute approximate surface area is 139 Å². The van der Waals surface area contributed by atoms with E-state index in [0.29, 0.717) is 0 Å². The minimum absolute atomic E-state index is 0.363. The molecule has 2 unspecified atom stereocenters. The van der Waals surface area contributed by atoms with Gasteiger partial charge in [-0.05, 0) is 0 Å². The zero-order valence-corrected chi connectivity index (χ0v) is 13.3. The Hall–Kier alpha value is -3.10. The van der Waals surface area contributed by atoms with Crippen molar-refractivity contribution >= 4 is 24.6 Å². The fourth-order valence-corrected chi connectivity index (χ4v) is 1.57. The maximum Gasteiger partial charge on any atom is 0.192 e. The highest BCUT2D eigenvalue weighted by Gasteiger charge is 2.01. The number of nitrogens with one attached hydrogen (secondary N) is 2. The second-order valence-corrected chi connectivity index (χ2v) is 4.80. The van der Waals surface area contributed by atoms with Crippen molar-refractivity contribution in [2.24, 2.45) is 9.98 Å². The third-order valence-corrected chi connectivity index (χ3v) is 2.77. The van der Waals surface area contributed by atoms with Crippen LogP contribution in [0.1, 0.15) is 20.7 Å². The number of hydrogen-bond donors (Lipinski definition) is 2. The smallest absolute Gasteiger partial charge is 0.192 e. The molecule has 8 nitrogen and oxygen atoms in total. The van der Waals surface area contributed by atoms with Gasteiger partial charge in [0.2, 0.25) is 0 Å². The average Bonchev–Trinajstić information content (AvgIpc) is 3.22. The standard InChI is InChI=1S/C8H6O4.2C4H6N2/c9-7(10)5-3-1-2-4-6(5)8(11)12;2*1-6-3-2-5-4-6/h1-4H,(H,9,10)(H,11,12);2*2-4H,1H3. The van der Waals surface area contributed by atoms with Crippen molar-refractivity contribution in [2.45, 2.75) is 0 Å². The number of carboxylic acids is 2. The van der Waals surface area contributed by atoms with E-state index in [4.69, 9.17) is 0 Å². The van der Waals surface area contributed by atoms with Crippen LogP contribution in [0.5, 0.6) is 0 Å². The van der Waals surface area contributed by atoms with Crippen LogP contribution in [-0.2, 0) is 0 Å². The number of carboxylic acid groups (broad SMARTS) is 2. The van der Waals surface area contributed by atoms with Gasteiger partial charge in [0.1, 0.15) is 12.4 Å². The maximum absolute atomic E-state index is 10.3. The van der Waals surface area contributed by atoms with Crippen LogP contribution >= 0.6 is 0 Å². The number of rotatable bonds is 2. The Morgan fingerprint density at radius 2 is 1.21 bits per heavy atom. The van der Waals surface area contributed by atoms with Crippen molar-refractivity contribution in [1.82, 2.24) is 0 Å². The molecule has 0 saturated heterocycles. The largest absolute Gasteiger partial charge is 0.545 e. The van der Waals surface area contributed by atoms with Gasteiger partial charge >= 0.3 is 0 Å². The van der Waals surface area contributed by atoms with Gasteiger partial charge in [-0.1, -0.05) is 24.3 Å². The normalized spacial score (nSPS) is 19.2. The minimum Gasteiger partial charge on any atom is -0.545 e. The molecule has 0 spiro atoms. The van der Waals surface area contributed by atoms with Gasteiger partial charge in [-0.2, -0.15) is 0 Å². The number of quaternary nitrogens is 2. The average molecular weight is 330 g/mol. The Balaban J connectivity index is 0.000000200. The van der Waals surface area contributed by atoms with E-state index in [9.17, 15) is 19.8 Å². The maximum atomic E-state index is 10.3. The van der Waals surface area contributed by atoms with Crippen LogP contribution in [0.3, 0.4) is 0 Å². The minimum atomic E-state index is -1.52. The summed E-state index contributed by atoms with van der Waals surface area (Å²) in [5, 5.41) is 20.6. The zero-order chi connectivity index (χ0) is 17.9. The van der Waals surface area contributed by atoms with Gasteiger partial charge in [0.25, 0.3) is 0 Å². The fraction of sp³-hybridized carbons (Fsp3) is 0.125. The molecule has 126 valence electrons. The number of hydrogen-bond acceptors (Lipinski definition) is 6. The molecule has 1 aromatic rings. The van der Waals surface area contributed by atoms with E-state index >= 15 is 0 Å². The summed E-state index contributed by atoms with van der Waals surface area (Å²) in [4.78, 5) is 30.8. The lowest BCUT2D eigenvalue weighted by Gasteiger charge is -2.09. The van der Waals surface area contributed by atoms with Crippen molar-refractivity contribution in [2.75, 3.05) is 14.1 Å². The summed E-state index contributed by atoms with van der Waals surface area (Å²) in [6, 6.07) is 5.14. The molecule has 2 aliphatic heterocycles.